The second-order valence-corrected chi connectivity index (χ2v) is 8.44. The van der Waals surface area contributed by atoms with E-state index in [-0.39, 0.29) is 5.75 Å². The van der Waals surface area contributed by atoms with E-state index in [1.807, 2.05) is 36.4 Å². The quantitative estimate of drug-likeness (QED) is 0.542. The number of hydrogen-bond acceptors (Lipinski definition) is 4. The normalized spacial score (nSPS) is 11.4. The van der Waals surface area contributed by atoms with Crippen molar-refractivity contribution in [2.75, 3.05) is 13.7 Å². The number of hydrogen-bond donors (Lipinski definition) is 2. The van der Waals surface area contributed by atoms with Crippen molar-refractivity contribution in [1.82, 2.24) is 9.71 Å². The minimum Gasteiger partial charge on any atom is -0.497 e. The molecule has 146 valence electrons. The molecular weight excluding hydrogens is 374 g/mol. The van der Waals surface area contributed by atoms with Gasteiger partial charge >= 0.3 is 0 Å². The molecule has 3 rings (SSSR count). The van der Waals surface area contributed by atoms with E-state index in [4.69, 9.17) is 10.00 Å². The van der Waals surface area contributed by atoms with Crippen LogP contribution in [-0.4, -0.2) is 27.1 Å². The molecule has 0 bridgehead atoms. The van der Waals surface area contributed by atoms with E-state index in [1.165, 1.54) is 0 Å². The van der Waals surface area contributed by atoms with Gasteiger partial charge in [-0.25, -0.2) is 13.1 Å². The van der Waals surface area contributed by atoms with Crippen LogP contribution >= 0.6 is 0 Å². The number of aromatic amines is 1. The zero-order valence-corrected chi connectivity index (χ0v) is 16.6. The van der Waals surface area contributed by atoms with Gasteiger partial charge in [0.2, 0.25) is 10.0 Å². The summed E-state index contributed by atoms with van der Waals surface area (Å²) in [6.45, 7) is 0.389. The van der Waals surface area contributed by atoms with E-state index < -0.39 is 10.0 Å². The first-order valence-electron chi connectivity index (χ1n) is 9.07. The summed E-state index contributed by atoms with van der Waals surface area (Å²) in [5.74, 6) is 0.726. The van der Waals surface area contributed by atoms with Gasteiger partial charge in [-0.05, 0) is 53.8 Å². The smallest absolute Gasteiger partial charge is 0.215 e. The monoisotopic (exact) mass is 397 g/mol. The zero-order chi connectivity index (χ0) is 20.0. The van der Waals surface area contributed by atoms with Crippen molar-refractivity contribution in [1.29, 1.82) is 5.26 Å². The van der Waals surface area contributed by atoms with Crippen LogP contribution < -0.4 is 9.46 Å². The maximum absolute atomic E-state index is 12.4. The molecule has 1 heterocycles. The standard InChI is InChI=1S/C21H23N3O3S/c1-27-19-7-4-16(5-8-19)3-2-12-24-28(25,26)15-17-6-9-21-20(13-17)18(10-11-22)14-23-21/h4-9,13-14,23-24H,2-3,10,12,15H2,1H3. The molecule has 0 fully saturated rings. The van der Waals surface area contributed by atoms with E-state index in [0.717, 1.165) is 34.2 Å². The fourth-order valence-electron chi connectivity index (χ4n) is 3.13. The number of ether oxygens (including phenoxy) is 1. The summed E-state index contributed by atoms with van der Waals surface area (Å²) >= 11 is 0. The molecule has 0 amide bonds. The molecule has 0 spiro atoms. The van der Waals surface area contributed by atoms with Crippen molar-refractivity contribution >= 4 is 20.9 Å². The Bertz CT molecular complexity index is 1080. The SMILES string of the molecule is COc1ccc(CCCNS(=O)(=O)Cc2ccc3[nH]cc(CC#N)c3c2)cc1. The number of aromatic nitrogens is 1. The van der Waals surface area contributed by atoms with E-state index >= 15 is 0 Å². The number of fused-ring (bicyclic) bond motifs is 1. The van der Waals surface area contributed by atoms with E-state index in [1.54, 1.807) is 19.4 Å². The molecule has 2 N–H and O–H groups in total. The van der Waals surface area contributed by atoms with Crippen LogP contribution in [0.3, 0.4) is 0 Å². The summed E-state index contributed by atoms with van der Waals surface area (Å²) in [6.07, 6.45) is 3.59. The first-order valence-corrected chi connectivity index (χ1v) is 10.7. The molecule has 2 aromatic carbocycles. The Balaban J connectivity index is 1.55. The van der Waals surface area contributed by atoms with Gasteiger partial charge < -0.3 is 9.72 Å². The number of rotatable bonds is 9. The molecule has 0 saturated carbocycles. The average Bonchev–Trinajstić information content (AvgIpc) is 3.08. The highest BCUT2D eigenvalue weighted by Crippen LogP contribution is 2.21. The lowest BCUT2D eigenvalue weighted by atomic mass is 10.1. The third-order valence-electron chi connectivity index (χ3n) is 4.58. The molecule has 28 heavy (non-hydrogen) atoms. The molecule has 1 aromatic heterocycles. The van der Waals surface area contributed by atoms with Gasteiger partial charge in [0.15, 0.2) is 0 Å². The molecule has 6 nitrogen and oxygen atoms in total. The molecule has 7 heteroatoms. The van der Waals surface area contributed by atoms with E-state index in [2.05, 4.69) is 15.8 Å². The van der Waals surface area contributed by atoms with Crippen molar-refractivity contribution in [2.45, 2.75) is 25.0 Å². The largest absolute Gasteiger partial charge is 0.497 e. The highest BCUT2D eigenvalue weighted by atomic mass is 32.2. The van der Waals surface area contributed by atoms with Gasteiger partial charge in [0.05, 0.1) is 25.4 Å². The van der Waals surface area contributed by atoms with Crippen LogP contribution in [0.5, 0.6) is 5.75 Å². The first kappa shape index (κ1) is 19.9. The van der Waals surface area contributed by atoms with Gasteiger partial charge in [-0.3, -0.25) is 0 Å². The third-order valence-corrected chi connectivity index (χ3v) is 5.94. The van der Waals surface area contributed by atoms with Crippen LogP contribution in [0.25, 0.3) is 10.9 Å². The maximum Gasteiger partial charge on any atom is 0.215 e. The molecule has 0 aliphatic rings. The fraction of sp³-hybridized carbons (Fsp3) is 0.286. The van der Waals surface area contributed by atoms with E-state index in [0.29, 0.717) is 24.9 Å². The molecule has 0 aliphatic heterocycles. The number of sulfonamides is 1. The van der Waals surface area contributed by atoms with Crippen LogP contribution in [-0.2, 0) is 28.6 Å². The maximum atomic E-state index is 12.4. The van der Waals surface area contributed by atoms with Gasteiger partial charge in [-0.2, -0.15) is 5.26 Å². The second-order valence-electron chi connectivity index (χ2n) is 6.63. The Morgan fingerprint density at radius 2 is 1.89 bits per heavy atom. The Labute approximate surface area is 165 Å². The average molecular weight is 398 g/mol. The van der Waals surface area contributed by atoms with Crippen molar-refractivity contribution in [3.63, 3.8) is 0 Å². The Morgan fingerprint density at radius 3 is 2.61 bits per heavy atom. The molecule has 0 radical (unpaired) electrons. The van der Waals surface area contributed by atoms with Crippen LogP contribution in [0.15, 0.2) is 48.7 Å². The van der Waals surface area contributed by atoms with Crippen molar-refractivity contribution in [3.05, 3.63) is 65.4 Å². The summed E-state index contributed by atoms with van der Waals surface area (Å²) in [6, 6.07) is 15.4. The summed E-state index contributed by atoms with van der Waals surface area (Å²) in [5.41, 5.74) is 3.62. The number of methoxy groups -OCH3 is 1. The topological polar surface area (TPSA) is 95.0 Å². The van der Waals surface area contributed by atoms with Gasteiger partial charge in [0.1, 0.15) is 5.75 Å². The van der Waals surface area contributed by atoms with Gasteiger partial charge in [0, 0.05) is 23.6 Å². The van der Waals surface area contributed by atoms with Gasteiger partial charge in [-0.1, -0.05) is 18.2 Å². The van der Waals surface area contributed by atoms with Crippen molar-refractivity contribution in [3.8, 4) is 11.8 Å². The Kier molecular flexibility index (Phi) is 6.34. The number of nitrogens with one attached hydrogen (secondary N) is 2. The highest BCUT2D eigenvalue weighted by molar-refractivity contribution is 7.88. The lowest BCUT2D eigenvalue weighted by Gasteiger charge is -2.08. The van der Waals surface area contributed by atoms with Crippen LogP contribution in [0.4, 0.5) is 0 Å². The van der Waals surface area contributed by atoms with Gasteiger partial charge in [0.25, 0.3) is 0 Å². The van der Waals surface area contributed by atoms with Crippen LogP contribution in [0.2, 0.25) is 0 Å². The number of H-pyrrole nitrogens is 1. The third kappa shape index (κ3) is 5.12. The molecule has 0 aliphatic carbocycles. The second kappa shape index (κ2) is 8.91. The number of aryl methyl sites for hydroxylation is 1. The first-order chi connectivity index (χ1) is 13.5. The van der Waals surface area contributed by atoms with Crippen LogP contribution in [0.1, 0.15) is 23.1 Å². The number of benzene rings is 2. The van der Waals surface area contributed by atoms with Crippen LogP contribution in [0, 0.1) is 11.3 Å². The summed E-state index contributed by atoms with van der Waals surface area (Å²) < 4.78 is 32.6. The predicted octanol–water partition coefficient (Wildman–Crippen LogP) is 3.29. The number of nitrogens with zero attached hydrogens (tertiary/aromatic N) is 1. The molecule has 0 unspecified atom stereocenters. The molecule has 3 aromatic rings. The Morgan fingerprint density at radius 1 is 1.14 bits per heavy atom. The van der Waals surface area contributed by atoms with Crippen molar-refractivity contribution in [2.24, 2.45) is 0 Å². The zero-order valence-electron chi connectivity index (χ0n) is 15.7. The van der Waals surface area contributed by atoms with E-state index in [9.17, 15) is 8.42 Å². The highest BCUT2D eigenvalue weighted by Gasteiger charge is 2.12. The lowest BCUT2D eigenvalue weighted by Crippen LogP contribution is -2.26. The molecule has 0 saturated heterocycles. The molecule has 0 atom stereocenters. The fourth-order valence-corrected chi connectivity index (χ4v) is 4.31. The summed E-state index contributed by atoms with van der Waals surface area (Å²) in [7, 11) is -1.79. The summed E-state index contributed by atoms with van der Waals surface area (Å²) in [5, 5.41) is 9.80. The Hall–Kier alpha value is -2.82. The number of nitriles is 1. The predicted molar refractivity (Wildman–Crippen MR) is 110 cm³/mol. The lowest BCUT2D eigenvalue weighted by molar-refractivity contribution is 0.414. The minimum atomic E-state index is -3.42. The molecular formula is C21H23N3O3S. The minimum absolute atomic E-state index is 0.0807. The van der Waals surface area contributed by atoms with Gasteiger partial charge in [-0.15, -0.1) is 0 Å². The summed E-state index contributed by atoms with van der Waals surface area (Å²) in [4.78, 5) is 3.10. The van der Waals surface area contributed by atoms with Crippen molar-refractivity contribution < 1.29 is 13.2 Å².